The lowest BCUT2D eigenvalue weighted by Gasteiger charge is -2.39. The molecule has 0 unspecified atom stereocenters. The van der Waals surface area contributed by atoms with Crippen molar-refractivity contribution < 1.29 is 79.5 Å². The number of benzene rings is 1. The van der Waals surface area contributed by atoms with Gasteiger partial charge in [-0.15, -0.1) is 0 Å². The maximum Gasteiger partial charge on any atom is 0.417 e. The van der Waals surface area contributed by atoms with Gasteiger partial charge in [0.2, 0.25) is 59.1 Å². The summed E-state index contributed by atoms with van der Waals surface area (Å²) >= 11 is 6.14. The minimum Gasteiger partial charge on any atom is -0.354 e. The number of hydrogen-bond donors (Lipinski definition) is 2. The SMILES string of the molecule is CC[C@H](C)C1=NC(=O)[C@H](C)N(C)C(=O)C[C@@H](C(=O)N2CCCCC2)N(C)C(=O)[C@H](C(C)C)N(C)C(=O)CCCCNC(=O)[C@@H]2C[C@H](N3CCC(F)(F)CC3)CN2C(=O)[C@H](CCc2ccc(C(F)(F)F)c(Cl)c2)NC(=O)CN(C)C(=O)[C@H](CC2CCCCC2)N(C)C(=O)CN(C)C(=O)CN(C)C1=O. The second-order valence-electron chi connectivity index (χ2n) is 28.9. The van der Waals surface area contributed by atoms with E-state index in [-0.39, 0.29) is 88.3 Å². The molecule has 570 valence electrons. The van der Waals surface area contributed by atoms with Gasteiger partial charge in [0.05, 0.1) is 36.6 Å². The second kappa shape index (κ2) is 37.4. The van der Waals surface area contributed by atoms with Crippen LogP contribution in [-0.2, 0) is 70.1 Å². The number of likely N-dealkylation sites (N-methyl/N-ethyl adjacent to an activating group) is 7. The quantitative estimate of drug-likeness (QED) is 0.274. The van der Waals surface area contributed by atoms with E-state index in [2.05, 4.69) is 15.6 Å². The van der Waals surface area contributed by atoms with Crippen molar-refractivity contribution >= 4 is 88.2 Å². The minimum atomic E-state index is -4.79. The Bertz CT molecular complexity index is 3210. The predicted octanol–water partition coefficient (Wildman–Crippen LogP) is 5.52. The number of likely N-dealkylation sites (tertiary alicyclic amines) is 2. The molecular weight excluding hydrogens is 1360 g/mol. The van der Waals surface area contributed by atoms with Gasteiger partial charge in [-0.1, -0.05) is 77.5 Å². The number of piperidine rings is 2. The summed E-state index contributed by atoms with van der Waals surface area (Å²) in [7, 11) is 9.55. The largest absolute Gasteiger partial charge is 0.417 e. The number of carbonyl (C=O) groups excluding carboxylic acids is 12. The van der Waals surface area contributed by atoms with Crippen LogP contribution < -0.4 is 10.6 Å². The minimum absolute atomic E-state index is 0.0183. The van der Waals surface area contributed by atoms with Crippen molar-refractivity contribution in [2.45, 2.75) is 211 Å². The molecule has 12 amide bonds. The van der Waals surface area contributed by atoms with Crippen molar-refractivity contribution in [2.75, 3.05) is 108 Å². The number of fused-ring (bicyclic) bond motifs is 1. The Hall–Kier alpha value is -7.37. The van der Waals surface area contributed by atoms with Crippen LogP contribution in [-0.4, -0.2) is 282 Å². The third-order valence-corrected chi connectivity index (χ3v) is 21.4. The lowest BCUT2D eigenvalue weighted by molar-refractivity contribution is -0.154. The fourth-order valence-electron chi connectivity index (χ4n) is 14.1. The summed E-state index contributed by atoms with van der Waals surface area (Å²) in [6.45, 7) is 6.84. The summed E-state index contributed by atoms with van der Waals surface area (Å²) in [5.41, 5.74) is -1.07. The van der Waals surface area contributed by atoms with Gasteiger partial charge in [-0.25, -0.2) is 13.8 Å². The molecule has 31 heteroatoms. The molecule has 0 aromatic heterocycles. The van der Waals surface area contributed by atoms with Crippen LogP contribution in [0.1, 0.15) is 161 Å². The molecule has 1 saturated carbocycles. The summed E-state index contributed by atoms with van der Waals surface area (Å²) in [6.07, 6.45) is 0.422. The van der Waals surface area contributed by atoms with E-state index < -0.39 is 187 Å². The van der Waals surface area contributed by atoms with Gasteiger partial charge in [0.25, 0.3) is 17.7 Å². The molecule has 0 spiro atoms. The maximum atomic E-state index is 15.3. The molecule has 4 heterocycles. The van der Waals surface area contributed by atoms with E-state index in [0.717, 1.165) is 75.2 Å². The second-order valence-corrected chi connectivity index (χ2v) is 29.4. The van der Waals surface area contributed by atoms with Gasteiger partial charge in [-0.05, 0) is 101 Å². The van der Waals surface area contributed by atoms with Gasteiger partial charge in [0, 0.05) is 120 Å². The smallest absolute Gasteiger partial charge is 0.354 e. The summed E-state index contributed by atoms with van der Waals surface area (Å²) in [5.74, 6) is -12.5. The summed E-state index contributed by atoms with van der Waals surface area (Å²) in [4.78, 5) is 191. The number of carbonyl (C=O) groups is 12. The van der Waals surface area contributed by atoms with Crippen LogP contribution in [0.2, 0.25) is 5.02 Å². The first-order valence-corrected chi connectivity index (χ1v) is 36.3. The van der Waals surface area contributed by atoms with Crippen molar-refractivity contribution in [3.63, 3.8) is 0 Å². The first-order chi connectivity index (χ1) is 47.9. The Morgan fingerprint density at radius 3 is 1.94 bits per heavy atom. The van der Waals surface area contributed by atoms with E-state index in [1.807, 2.05) is 0 Å². The standard InChI is InChI=1S/C71H107ClF5N13O12/c1-13-45(4)61-68(101)83(8)42-59(94)81(6)43-60(95)85(10)54(37-47-22-16-14-17-23-47)66(99)82(7)41-56(91)79-52(28-26-48-25-27-50(51(72)36-48)71(75,76)77)65(98)90-40-49(88-34-29-70(73,74)30-35-88)38-53(90)64(97)78-31-19-18-24-57(92)87(12)62(44(2)3)69(102)86(11)55(67(100)89-32-20-15-21-33-89)39-58(93)84(9)46(5)63(96)80-61/h25,27,36,44-47,49,52-55,62H,13-24,26,28-35,37-43H2,1-12H3,(H,78,97)(H,79,91)/t45-,46-,49-,52-,53-,54-,55-,62-/m0/s1. The Kier molecular flexibility index (Phi) is 30.6. The number of amides is 12. The number of hydrogen-bond acceptors (Lipinski definition) is 13. The molecule has 1 aromatic rings. The molecule has 2 N–H and O–H groups in total. The summed E-state index contributed by atoms with van der Waals surface area (Å²) in [5, 5.41) is 4.96. The van der Waals surface area contributed by atoms with Crippen molar-refractivity contribution in [1.29, 1.82) is 0 Å². The third-order valence-electron chi connectivity index (χ3n) is 21.1. The average Bonchev–Trinajstić information content (AvgIpc) is 1.56. The summed E-state index contributed by atoms with van der Waals surface area (Å²) in [6, 6.07) is -5.34. The Balaban J connectivity index is 1.36. The molecule has 6 rings (SSSR count). The molecule has 1 aromatic carbocycles. The van der Waals surface area contributed by atoms with Crippen LogP contribution in [0.4, 0.5) is 22.0 Å². The molecule has 102 heavy (non-hydrogen) atoms. The van der Waals surface area contributed by atoms with E-state index in [9.17, 15) is 74.7 Å². The van der Waals surface area contributed by atoms with Gasteiger partial charge < -0.3 is 54.7 Å². The molecule has 4 aliphatic heterocycles. The maximum absolute atomic E-state index is 15.3. The van der Waals surface area contributed by atoms with E-state index in [0.29, 0.717) is 32.4 Å². The molecular formula is C71H107ClF5N13O12. The van der Waals surface area contributed by atoms with E-state index in [1.54, 1.807) is 37.5 Å². The fourth-order valence-corrected chi connectivity index (χ4v) is 14.4. The monoisotopic (exact) mass is 1460 g/mol. The highest BCUT2D eigenvalue weighted by Crippen LogP contribution is 2.37. The van der Waals surface area contributed by atoms with Gasteiger partial charge >= 0.3 is 6.18 Å². The number of halogens is 6. The van der Waals surface area contributed by atoms with E-state index in [1.165, 1.54) is 77.0 Å². The Morgan fingerprint density at radius 2 is 1.33 bits per heavy atom. The zero-order valence-electron chi connectivity index (χ0n) is 61.4. The van der Waals surface area contributed by atoms with Crippen LogP contribution in [0.5, 0.6) is 0 Å². The van der Waals surface area contributed by atoms with Crippen molar-refractivity contribution in [2.24, 2.45) is 22.7 Å². The molecule has 3 saturated heterocycles. The van der Waals surface area contributed by atoms with E-state index >= 15 is 4.79 Å². The molecule has 25 nitrogen and oxygen atoms in total. The normalized spacial score (nSPS) is 26.4. The fraction of sp³-hybridized carbons (Fsp3) is 0.732. The van der Waals surface area contributed by atoms with Gasteiger partial charge in [-0.2, -0.15) is 13.2 Å². The van der Waals surface area contributed by atoms with Crippen molar-refractivity contribution in [3.05, 3.63) is 34.3 Å². The number of aliphatic imine (C=N–C) groups is 1. The van der Waals surface area contributed by atoms with Gasteiger partial charge in [0.1, 0.15) is 42.0 Å². The molecule has 5 aliphatic rings. The van der Waals surface area contributed by atoms with Crippen LogP contribution in [0.25, 0.3) is 0 Å². The van der Waals surface area contributed by atoms with Crippen molar-refractivity contribution in [3.8, 4) is 0 Å². The molecule has 1 aliphatic carbocycles. The highest BCUT2D eigenvalue weighted by Gasteiger charge is 2.47. The predicted molar refractivity (Wildman–Crippen MR) is 371 cm³/mol. The number of alkyl halides is 5. The van der Waals surface area contributed by atoms with Gasteiger partial charge in [0.15, 0.2) is 0 Å². The first kappa shape index (κ1) is 83.6. The van der Waals surface area contributed by atoms with Crippen LogP contribution in [0, 0.1) is 17.8 Å². The van der Waals surface area contributed by atoms with E-state index in [4.69, 9.17) is 11.6 Å². The lowest BCUT2D eigenvalue weighted by Crippen LogP contribution is -2.58. The molecule has 0 radical (unpaired) electrons. The zero-order valence-corrected chi connectivity index (χ0v) is 62.1. The number of nitrogens with one attached hydrogen (secondary N) is 2. The Morgan fingerprint density at radius 1 is 0.706 bits per heavy atom. The van der Waals surface area contributed by atoms with Crippen LogP contribution >= 0.6 is 11.6 Å². The molecule has 8 atom stereocenters. The van der Waals surface area contributed by atoms with Crippen molar-refractivity contribution in [1.82, 2.24) is 59.6 Å². The summed E-state index contributed by atoms with van der Waals surface area (Å²) < 4.78 is 70.8. The highest BCUT2D eigenvalue weighted by atomic mass is 35.5. The molecule has 0 bridgehead atoms. The van der Waals surface area contributed by atoms with Crippen LogP contribution in [0.3, 0.4) is 0 Å². The zero-order chi connectivity index (χ0) is 75.8. The van der Waals surface area contributed by atoms with Crippen LogP contribution in [0.15, 0.2) is 23.2 Å². The number of nitrogens with zero attached hydrogens (tertiary/aromatic N) is 11. The lowest BCUT2D eigenvalue weighted by atomic mass is 9.84. The number of rotatable bonds is 10. The third kappa shape index (κ3) is 22.3. The first-order valence-electron chi connectivity index (χ1n) is 35.9. The highest BCUT2D eigenvalue weighted by molar-refractivity contribution is 6.41. The van der Waals surface area contributed by atoms with Gasteiger partial charge in [-0.3, -0.25) is 62.4 Å². The number of aryl methyl sites for hydroxylation is 1. The average molecular weight is 1470 g/mol. The molecule has 4 fully saturated rings. The topological polar surface area (TPSA) is 274 Å². The Labute approximate surface area is 601 Å².